The van der Waals surface area contributed by atoms with Gasteiger partial charge in [-0.2, -0.15) is 0 Å². The molecule has 0 aromatic heterocycles. The average Bonchev–Trinajstić information content (AvgIpc) is 2.94. The smallest absolute Gasteiger partial charge is 0.276 e. The number of carbonyl (C=O) groups is 1. The van der Waals surface area contributed by atoms with Crippen LogP contribution in [0.5, 0.6) is 11.5 Å². The molecule has 2 aromatic carbocycles. The molecule has 1 aliphatic rings. The fraction of sp³-hybridized carbons (Fsp3) is 0.200. The Labute approximate surface area is 177 Å². The van der Waals surface area contributed by atoms with Gasteiger partial charge in [-0.15, -0.1) is 0 Å². The van der Waals surface area contributed by atoms with E-state index in [2.05, 4.69) is 0 Å². The van der Waals surface area contributed by atoms with Gasteiger partial charge in [0.15, 0.2) is 11.5 Å². The molecule has 3 rings (SSSR count). The number of para-hydroxylation sites is 1. The Balaban J connectivity index is 1.83. The molecule has 0 aliphatic carbocycles. The molecule has 0 unspecified atom stereocenters. The van der Waals surface area contributed by atoms with Crippen molar-refractivity contribution in [2.45, 2.75) is 13.5 Å². The van der Waals surface area contributed by atoms with Crippen LogP contribution in [-0.2, 0) is 11.4 Å². The van der Waals surface area contributed by atoms with Gasteiger partial charge in [0.2, 0.25) is 0 Å². The van der Waals surface area contributed by atoms with Crippen molar-refractivity contribution in [2.24, 2.45) is 0 Å². The van der Waals surface area contributed by atoms with Crippen LogP contribution in [0.25, 0.3) is 6.08 Å². The van der Waals surface area contributed by atoms with E-state index in [0.29, 0.717) is 32.9 Å². The molecule has 1 heterocycles. The lowest BCUT2D eigenvalue weighted by Gasteiger charge is -2.13. The lowest BCUT2D eigenvalue weighted by atomic mass is 10.1. The summed E-state index contributed by atoms with van der Waals surface area (Å²) in [5.41, 5.74) is 1.24. The number of amides is 1. The van der Waals surface area contributed by atoms with Gasteiger partial charge in [-0.1, -0.05) is 42.2 Å². The van der Waals surface area contributed by atoms with Gasteiger partial charge >= 0.3 is 0 Å². The summed E-state index contributed by atoms with van der Waals surface area (Å²) in [6.45, 7) is 2.30. The van der Waals surface area contributed by atoms with E-state index < -0.39 is 4.92 Å². The molecule has 0 N–H and O–H groups in total. The predicted octanol–water partition coefficient (Wildman–Crippen LogP) is 4.40. The molecule has 0 saturated carbocycles. The average molecular weight is 431 g/mol. The third-order valence-corrected chi connectivity index (χ3v) is 5.61. The molecule has 1 amide bonds. The Kier molecular flexibility index (Phi) is 6.50. The Morgan fingerprint density at radius 2 is 1.97 bits per heavy atom. The van der Waals surface area contributed by atoms with Gasteiger partial charge in [0.05, 0.1) is 22.0 Å². The molecule has 1 saturated heterocycles. The van der Waals surface area contributed by atoms with Crippen LogP contribution in [0.15, 0.2) is 47.4 Å². The SMILES string of the molecule is CCOc1cc(/C=C2\SC(=S)N(C)C2=O)ccc1OCc1ccccc1[N+](=O)[O-]. The fourth-order valence-corrected chi connectivity index (χ4v) is 3.84. The summed E-state index contributed by atoms with van der Waals surface area (Å²) < 4.78 is 12.0. The van der Waals surface area contributed by atoms with Crippen LogP contribution in [0.3, 0.4) is 0 Å². The molecule has 7 nitrogen and oxygen atoms in total. The van der Waals surface area contributed by atoms with E-state index in [-0.39, 0.29) is 18.2 Å². The summed E-state index contributed by atoms with van der Waals surface area (Å²) in [6, 6.07) is 11.7. The second-order valence-corrected chi connectivity index (χ2v) is 7.73. The summed E-state index contributed by atoms with van der Waals surface area (Å²) in [5, 5.41) is 11.2. The molecule has 150 valence electrons. The highest BCUT2D eigenvalue weighted by molar-refractivity contribution is 8.26. The number of nitro groups is 1. The second-order valence-electron chi connectivity index (χ2n) is 6.05. The van der Waals surface area contributed by atoms with Crippen molar-refractivity contribution >= 4 is 46.0 Å². The Bertz CT molecular complexity index is 1010. The Morgan fingerprint density at radius 1 is 1.21 bits per heavy atom. The predicted molar refractivity (Wildman–Crippen MR) is 116 cm³/mol. The van der Waals surface area contributed by atoms with E-state index in [1.54, 1.807) is 49.5 Å². The maximum atomic E-state index is 12.2. The molecular weight excluding hydrogens is 412 g/mol. The summed E-state index contributed by atoms with van der Waals surface area (Å²) in [6.07, 6.45) is 1.75. The summed E-state index contributed by atoms with van der Waals surface area (Å²) in [4.78, 5) is 24.9. The van der Waals surface area contributed by atoms with Crippen LogP contribution in [0.4, 0.5) is 5.69 Å². The van der Waals surface area contributed by atoms with E-state index >= 15 is 0 Å². The first-order chi connectivity index (χ1) is 13.9. The van der Waals surface area contributed by atoms with Crippen molar-refractivity contribution < 1.29 is 19.2 Å². The summed E-state index contributed by atoms with van der Waals surface area (Å²) in [5.74, 6) is 0.812. The van der Waals surface area contributed by atoms with Gasteiger partial charge in [-0.05, 0) is 36.8 Å². The zero-order chi connectivity index (χ0) is 21.0. The largest absolute Gasteiger partial charge is 0.490 e. The summed E-state index contributed by atoms with van der Waals surface area (Å²) in [7, 11) is 1.64. The molecule has 0 spiro atoms. The number of hydrogen-bond donors (Lipinski definition) is 0. The monoisotopic (exact) mass is 430 g/mol. The number of hydrogen-bond acceptors (Lipinski definition) is 7. The van der Waals surface area contributed by atoms with Crippen LogP contribution < -0.4 is 9.47 Å². The molecule has 1 fully saturated rings. The molecule has 2 aromatic rings. The zero-order valence-electron chi connectivity index (χ0n) is 15.8. The Hall–Kier alpha value is -2.91. The van der Waals surface area contributed by atoms with Gasteiger partial charge in [0, 0.05) is 13.1 Å². The second kappa shape index (κ2) is 9.06. The summed E-state index contributed by atoms with van der Waals surface area (Å²) >= 11 is 6.39. The molecular formula is C20H18N2O5S2. The minimum atomic E-state index is -0.435. The van der Waals surface area contributed by atoms with Crippen molar-refractivity contribution in [3.8, 4) is 11.5 Å². The first-order valence-electron chi connectivity index (χ1n) is 8.74. The Morgan fingerprint density at radius 3 is 2.62 bits per heavy atom. The topological polar surface area (TPSA) is 81.9 Å². The third kappa shape index (κ3) is 4.75. The van der Waals surface area contributed by atoms with Crippen molar-refractivity contribution in [1.82, 2.24) is 4.90 Å². The lowest BCUT2D eigenvalue weighted by molar-refractivity contribution is -0.385. The van der Waals surface area contributed by atoms with Crippen molar-refractivity contribution in [1.29, 1.82) is 0 Å². The number of nitrogens with zero attached hydrogens (tertiary/aromatic N) is 2. The highest BCUT2D eigenvalue weighted by Gasteiger charge is 2.28. The standard InChI is InChI=1S/C20H18N2O5S2/c1-3-26-17-10-13(11-18-19(23)21(2)20(28)29-18)8-9-16(17)27-12-14-6-4-5-7-15(14)22(24)25/h4-11H,3,12H2,1-2H3/b18-11-. The number of ether oxygens (including phenoxy) is 2. The highest BCUT2D eigenvalue weighted by atomic mass is 32.2. The number of likely N-dealkylation sites (N-methyl/N-ethyl adjacent to an activating group) is 1. The number of nitro benzene ring substituents is 1. The van der Waals surface area contributed by atoms with Crippen molar-refractivity contribution in [2.75, 3.05) is 13.7 Å². The van der Waals surface area contributed by atoms with E-state index in [1.807, 2.05) is 6.92 Å². The van der Waals surface area contributed by atoms with E-state index in [4.69, 9.17) is 21.7 Å². The number of thiocarbonyl (C=S) groups is 1. The molecule has 29 heavy (non-hydrogen) atoms. The minimum Gasteiger partial charge on any atom is -0.490 e. The maximum absolute atomic E-state index is 12.2. The van der Waals surface area contributed by atoms with Gasteiger partial charge in [0.25, 0.3) is 11.6 Å². The molecule has 0 bridgehead atoms. The van der Waals surface area contributed by atoms with Gasteiger partial charge < -0.3 is 9.47 Å². The molecule has 1 aliphatic heterocycles. The van der Waals surface area contributed by atoms with Crippen LogP contribution in [0.2, 0.25) is 0 Å². The van der Waals surface area contributed by atoms with E-state index in [9.17, 15) is 14.9 Å². The first-order valence-corrected chi connectivity index (χ1v) is 9.96. The fourth-order valence-electron chi connectivity index (χ4n) is 2.67. The number of carbonyl (C=O) groups excluding carboxylic acids is 1. The number of thioether (sulfide) groups is 1. The molecule has 0 atom stereocenters. The van der Waals surface area contributed by atoms with E-state index in [1.165, 1.54) is 22.7 Å². The van der Waals surface area contributed by atoms with Crippen LogP contribution in [-0.4, -0.2) is 33.7 Å². The van der Waals surface area contributed by atoms with Crippen LogP contribution >= 0.6 is 24.0 Å². The van der Waals surface area contributed by atoms with Crippen molar-refractivity contribution in [3.63, 3.8) is 0 Å². The zero-order valence-corrected chi connectivity index (χ0v) is 17.4. The van der Waals surface area contributed by atoms with Gasteiger partial charge in [0.1, 0.15) is 10.9 Å². The number of rotatable bonds is 7. The van der Waals surface area contributed by atoms with Gasteiger partial charge in [-0.3, -0.25) is 19.8 Å². The third-order valence-electron chi connectivity index (χ3n) is 4.12. The molecule has 0 radical (unpaired) electrons. The van der Waals surface area contributed by atoms with E-state index in [0.717, 1.165) is 5.56 Å². The van der Waals surface area contributed by atoms with Crippen LogP contribution in [0, 0.1) is 10.1 Å². The maximum Gasteiger partial charge on any atom is 0.276 e. The van der Waals surface area contributed by atoms with Crippen molar-refractivity contribution in [3.05, 3.63) is 68.6 Å². The highest BCUT2D eigenvalue weighted by Crippen LogP contribution is 2.34. The lowest BCUT2D eigenvalue weighted by Crippen LogP contribution is -2.22. The number of benzene rings is 2. The first kappa shape index (κ1) is 20.8. The minimum absolute atomic E-state index is 0.00340. The normalized spacial score (nSPS) is 15.1. The van der Waals surface area contributed by atoms with Crippen LogP contribution in [0.1, 0.15) is 18.1 Å². The quantitative estimate of drug-likeness (QED) is 0.279. The van der Waals surface area contributed by atoms with Gasteiger partial charge in [-0.25, -0.2) is 0 Å². The molecule has 9 heteroatoms.